The van der Waals surface area contributed by atoms with Crippen LogP contribution in [-0.4, -0.2) is 34.6 Å². The van der Waals surface area contributed by atoms with Crippen LogP contribution in [0.2, 0.25) is 0 Å². The number of halogens is 1. The van der Waals surface area contributed by atoms with Gasteiger partial charge in [0.1, 0.15) is 0 Å². The van der Waals surface area contributed by atoms with E-state index in [1.807, 2.05) is 6.92 Å². The van der Waals surface area contributed by atoms with Crippen molar-refractivity contribution in [1.29, 1.82) is 0 Å². The van der Waals surface area contributed by atoms with Crippen molar-refractivity contribution in [2.75, 3.05) is 25.6 Å². The van der Waals surface area contributed by atoms with Crippen molar-refractivity contribution in [1.82, 2.24) is 4.72 Å². The number of sulfonamides is 1. The summed E-state index contributed by atoms with van der Waals surface area (Å²) in [7, 11) is -1.93. The predicted octanol–water partition coefficient (Wildman–Crippen LogP) is 3.71. The molecule has 29 heavy (non-hydrogen) atoms. The Kier molecular flexibility index (Phi) is 8.24. The second-order valence-corrected chi connectivity index (χ2v) is 8.63. The first-order chi connectivity index (χ1) is 13.8. The van der Waals surface area contributed by atoms with Crippen molar-refractivity contribution in [2.45, 2.75) is 12.7 Å². The highest BCUT2D eigenvalue weighted by atomic mass is 79.9. The quantitative estimate of drug-likeness (QED) is 0.503. The van der Waals surface area contributed by atoms with E-state index in [9.17, 15) is 13.2 Å². The van der Waals surface area contributed by atoms with Gasteiger partial charge in [0.15, 0.2) is 11.5 Å². The Morgan fingerprint density at radius 3 is 2.52 bits per heavy atom. The SMILES string of the molecule is C=CCNS(=O)(=O)Cc1ccc(NC(=O)c2cc(Br)c(OCC)c(OC)c2)cc1. The van der Waals surface area contributed by atoms with Crippen LogP contribution in [0.1, 0.15) is 22.8 Å². The van der Waals surface area contributed by atoms with Gasteiger partial charge < -0.3 is 14.8 Å². The van der Waals surface area contributed by atoms with Gasteiger partial charge in [-0.1, -0.05) is 18.2 Å². The molecule has 0 saturated carbocycles. The molecule has 0 aliphatic heterocycles. The van der Waals surface area contributed by atoms with Crippen molar-refractivity contribution < 1.29 is 22.7 Å². The van der Waals surface area contributed by atoms with E-state index in [2.05, 4.69) is 32.5 Å². The normalized spacial score (nSPS) is 11.0. The summed E-state index contributed by atoms with van der Waals surface area (Å²) in [6, 6.07) is 9.84. The molecule has 0 atom stereocenters. The minimum Gasteiger partial charge on any atom is -0.493 e. The molecule has 9 heteroatoms. The van der Waals surface area contributed by atoms with Gasteiger partial charge in [0.25, 0.3) is 5.91 Å². The van der Waals surface area contributed by atoms with Gasteiger partial charge in [-0.3, -0.25) is 4.79 Å². The van der Waals surface area contributed by atoms with E-state index in [1.54, 1.807) is 36.4 Å². The fraction of sp³-hybridized carbons (Fsp3) is 0.250. The van der Waals surface area contributed by atoms with Crippen LogP contribution in [0.4, 0.5) is 5.69 Å². The summed E-state index contributed by atoms with van der Waals surface area (Å²) in [5, 5.41) is 2.78. The number of amides is 1. The van der Waals surface area contributed by atoms with E-state index in [0.717, 1.165) is 0 Å². The van der Waals surface area contributed by atoms with Crippen LogP contribution in [0.15, 0.2) is 53.5 Å². The lowest BCUT2D eigenvalue weighted by Gasteiger charge is -2.13. The summed E-state index contributed by atoms with van der Waals surface area (Å²) in [6.07, 6.45) is 1.48. The van der Waals surface area contributed by atoms with Gasteiger partial charge in [-0.05, 0) is 52.7 Å². The molecule has 0 fully saturated rings. The van der Waals surface area contributed by atoms with Gasteiger partial charge >= 0.3 is 0 Å². The Labute approximate surface area is 179 Å². The molecule has 0 saturated heterocycles. The maximum absolute atomic E-state index is 12.6. The minimum absolute atomic E-state index is 0.155. The lowest BCUT2D eigenvalue weighted by atomic mass is 10.1. The number of hydrogen-bond donors (Lipinski definition) is 2. The van der Waals surface area contributed by atoms with Crippen LogP contribution in [0.25, 0.3) is 0 Å². The molecular weight excluding hydrogens is 460 g/mol. The Bertz CT molecular complexity index is 975. The maximum Gasteiger partial charge on any atom is 0.255 e. The first-order valence-corrected chi connectivity index (χ1v) is 11.2. The third-order valence-electron chi connectivity index (χ3n) is 3.80. The molecule has 2 N–H and O–H groups in total. The van der Waals surface area contributed by atoms with E-state index in [1.165, 1.54) is 13.2 Å². The lowest BCUT2D eigenvalue weighted by molar-refractivity contribution is 0.102. The zero-order valence-corrected chi connectivity index (χ0v) is 18.6. The largest absolute Gasteiger partial charge is 0.493 e. The van der Waals surface area contributed by atoms with Crippen LogP contribution < -0.4 is 19.5 Å². The smallest absolute Gasteiger partial charge is 0.255 e. The average molecular weight is 483 g/mol. The molecule has 2 rings (SSSR count). The summed E-state index contributed by atoms with van der Waals surface area (Å²) < 4.78 is 37.7. The highest BCUT2D eigenvalue weighted by Gasteiger charge is 2.16. The number of ether oxygens (including phenoxy) is 2. The highest BCUT2D eigenvalue weighted by Crippen LogP contribution is 2.36. The molecule has 0 aliphatic rings. The van der Waals surface area contributed by atoms with Crippen molar-refractivity contribution in [3.8, 4) is 11.5 Å². The van der Waals surface area contributed by atoms with Crippen LogP contribution in [0.5, 0.6) is 11.5 Å². The van der Waals surface area contributed by atoms with Crippen LogP contribution in [0, 0.1) is 0 Å². The fourth-order valence-corrected chi connectivity index (χ4v) is 4.14. The van der Waals surface area contributed by atoms with E-state index in [0.29, 0.717) is 39.4 Å². The molecule has 0 aromatic heterocycles. The number of benzene rings is 2. The number of nitrogens with one attached hydrogen (secondary N) is 2. The average Bonchev–Trinajstić information content (AvgIpc) is 2.69. The number of carbonyl (C=O) groups excluding carboxylic acids is 1. The number of methoxy groups -OCH3 is 1. The van der Waals surface area contributed by atoms with Crippen molar-refractivity contribution in [3.63, 3.8) is 0 Å². The van der Waals surface area contributed by atoms with Gasteiger partial charge in [0.2, 0.25) is 10.0 Å². The fourth-order valence-electron chi connectivity index (χ4n) is 2.48. The first kappa shape index (κ1) is 22.9. The number of hydrogen-bond acceptors (Lipinski definition) is 5. The van der Waals surface area contributed by atoms with Gasteiger partial charge in [-0.25, -0.2) is 13.1 Å². The molecule has 2 aromatic rings. The van der Waals surface area contributed by atoms with Crippen LogP contribution >= 0.6 is 15.9 Å². The standard InChI is InChI=1S/C20H23BrN2O5S/c1-4-10-22-29(25,26)13-14-6-8-16(9-7-14)23-20(24)15-11-17(21)19(28-5-2)18(12-15)27-3/h4,6-9,11-12,22H,1,5,10,13H2,2-3H3,(H,23,24). The Morgan fingerprint density at radius 1 is 1.24 bits per heavy atom. The van der Waals surface area contributed by atoms with Crippen molar-refractivity contribution in [2.24, 2.45) is 0 Å². The predicted molar refractivity (Wildman–Crippen MR) is 117 cm³/mol. The second-order valence-electron chi connectivity index (χ2n) is 5.97. The van der Waals surface area contributed by atoms with E-state index < -0.39 is 10.0 Å². The van der Waals surface area contributed by atoms with Gasteiger partial charge in [-0.15, -0.1) is 6.58 Å². The molecule has 1 amide bonds. The lowest BCUT2D eigenvalue weighted by Crippen LogP contribution is -2.25. The third-order valence-corrected chi connectivity index (χ3v) is 5.71. The first-order valence-electron chi connectivity index (χ1n) is 8.78. The van der Waals surface area contributed by atoms with Gasteiger partial charge in [-0.2, -0.15) is 0 Å². The molecule has 0 unspecified atom stereocenters. The number of anilines is 1. The van der Waals surface area contributed by atoms with E-state index in [-0.39, 0.29) is 18.2 Å². The summed E-state index contributed by atoms with van der Waals surface area (Å²) in [4.78, 5) is 12.6. The Hall–Kier alpha value is -2.36. The molecule has 2 aromatic carbocycles. The summed E-state index contributed by atoms with van der Waals surface area (Å²) >= 11 is 3.39. The Morgan fingerprint density at radius 2 is 1.93 bits per heavy atom. The molecule has 7 nitrogen and oxygen atoms in total. The zero-order valence-electron chi connectivity index (χ0n) is 16.2. The molecule has 0 radical (unpaired) electrons. The van der Waals surface area contributed by atoms with Crippen LogP contribution in [-0.2, 0) is 15.8 Å². The molecule has 0 bridgehead atoms. The molecular formula is C20H23BrN2O5S. The van der Waals surface area contributed by atoms with Crippen LogP contribution in [0.3, 0.4) is 0 Å². The maximum atomic E-state index is 12.6. The van der Waals surface area contributed by atoms with Crippen molar-refractivity contribution >= 4 is 37.5 Å². The van der Waals surface area contributed by atoms with E-state index >= 15 is 0 Å². The summed E-state index contributed by atoms with van der Waals surface area (Å²) in [5.74, 6) is 0.485. The monoisotopic (exact) mass is 482 g/mol. The van der Waals surface area contributed by atoms with Gasteiger partial charge in [0.05, 0.1) is 23.9 Å². The molecule has 156 valence electrons. The highest BCUT2D eigenvalue weighted by molar-refractivity contribution is 9.10. The molecule has 0 aliphatic carbocycles. The summed E-state index contributed by atoms with van der Waals surface area (Å²) in [6.45, 7) is 5.98. The molecule has 0 spiro atoms. The molecule has 0 heterocycles. The Balaban J connectivity index is 2.11. The van der Waals surface area contributed by atoms with E-state index in [4.69, 9.17) is 9.47 Å². The number of carbonyl (C=O) groups is 1. The second kappa shape index (κ2) is 10.4. The topological polar surface area (TPSA) is 93.7 Å². The summed E-state index contributed by atoms with van der Waals surface area (Å²) in [5.41, 5.74) is 1.53. The minimum atomic E-state index is -3.44. The van der Waals surface area contributed by atoms with Crippen molar-refractivity contribution in [3.05, 3.63) is 64.7 Å². The third kappa shape index (κ3) is 6.59. The number of rotatable bonds is 10. The van der Waals surface area contributed by atoms with Gasteiger partial charge in [0, 0.05) is 17.8 Å². The zero-order chi connectivity index (χ0) is 21.4.